The van der Waals surface area contributed by atoms with Crippen LogP contribution in [-0.2, 0) is 16.1 Å². The number of esters is 1. The summed E-state index contributed by atoms with van der Waals surface area (Å²) in [6.45, 7) is 4.65. The highest BCUT2D eigenvalue weighted by Gasteiger charge is 2.22. The minimum absolute atomic E-state index is 0.214. The fourth-order valence-electron chi connectivity index (χ4n) is 1.40. The molecule has 1 heterocycles. The van der Waals surface area contributed by atoms with Crippen LogP contribution in [0.2, 0.25) is 0 Å². The molecule has 20 heavy (non-hydrogen) atoms. The van der Waals surface area contributed by atoms with Gasteiger partial charge in [-0.05, 0) is 27.0 Å². The van der Waals surface area contributed by atoms with Crippen molar-refractivity contribution in [3.63, 3.8) is 0 Å². The number of carbonyl (C=O) groups excluding carboxylic acids is 1. The summed E-state index contributed by atoms with van der Waals surface area (Å²) < 4.78 is 6.03. The van der Waals surface area contributed by atoms with E-state index in [1.54, 1.807) is 27.0 Å². The Labute approximate surface area is 119 Å². The van der Waals surface area contributed by atoms with Gasteiger partial charge in [0.05, 0.1) is 4.92 Å². The average molecular weight is 301 g/mol. The van der Waals surface area contributed by atoms with Crippen LogP contribution in [0.3, 0.4) is 0 Å². The molecule has 0 bridgehead atoms. The molecule has 0 N–H and O–H groups in total. The van der Waals surface area contributed by atoms with E-state index in [9.17, 15) is 19.7 Å². The van der Waals surface area contributed by atoms with E-state index in [-0.39, 0.29) is 5.16 Å². The molecule has 0 aliphatic heterocycles. The van der Waals surface area contributed by atoms with Crippen molar-refractivity contribution < 1.29 is 14.5 Å². The maximum Gasteiger partial charge on any atom is 0.352 e. The summed E-state index contributed by atoms with van der Waals surface area (Å²) in [5, 5.41) is 10.9. The predicted molar refractivity (Wildman–Crippen MR) is 72.8 cm³/mol. The second-order valence-corrected chi connectivity index (χ2v) is 5.64. The Kier molecular flexibility index (Phi) is 4.88. The van der Waals surface area contributed by atoms with E-state index < -0.39 is 34.3 Å². The van der Waals surface area contributed by atoms with E-state index in [4.69, 9.17) is 4.74 Å². The van der Waals surface area contributed by atoms with Crippen LogP contribution in [0.4, 0.5) is 5.69 Å². The van der Waals surface area contributed by atoms with Crippen molar-refractivity contribution in [3.05, 3.63) is 26.7 Å². The van der Waals surface area contributed by atoms with Gasteiger partial charge >= 0.3 is 17.2 Å². The number of aromatic nitrogens is 2. The molecule has 9 heteroatoms. The number of nitrogens with zero attached hydrogens (tertiary/aromatic N) is 3. The van der Waals surface area contributed by atoms with E-state index in [1.165, 1.54) is 0 Å². The molecular weight excluding hydrogens is 286 g/mol. The van der Waals surface area contributed by atoms with Crippen LogP contribution in [-0.4, -0.2) is 32.3 Å². The third-order valence-corrected chi connectivity index (χ3v) is 2.77. The third kappa shape index (κ3) is 4.05. The van der Waals surface area contributed by atoms with Crippen LogP contribution in [0.25, 0.3) is 0 Å². The molecule has 0 saturated carbocycles. The molecule has 0 radical (unpaired) electrons. The van der Waals surface area contributed by atoms with Gasteiger partial charge in [-0.2, -0.15) is 0 Å². The lowest BCUT2D eigenvalue weighted by Gasteiger charge is -2.20. The van der Waals surface area contributed by atoms with Gasteiger partial charge in [-0.3, -0.25) is 24.3 Å². The number of hydrogen-bond donors (Lipinski definition) is 0. The monoisotopic (exact) mass is 301 g/mol. The Hall–Kier alpha value is -1.90. The Bertz CT molecular complexity index is 591. The highest BCUT2D eigenvalue weighted by atomic mass is 32.2. The van der Waals surface area contributed by atoms with Crippen molar-refractivity contribution in [1.82, 2.24) is 9.55 Å². The number of thioether (sulfide) groups is 1. The smallest absolute Gasteiger partial charge is 0.352 e. The second kappa shape index (κ2) is 6.04. The lowest BCUT2D eigenvalue weighted by Crippen LogP contribution is -2.32. The van der Waals surface area contributed by atoms with Crippen molar-refractivity contribution in [3.8, 4) is 0 Å². The van der Waals surface area contributed by atoms with E-state index in [1.807, 2.05) is 0 Å². The number of carbonyl (C=O) groups is 1. The van der Waals surface area contributed by atoms with Crippen LogP contribution in [0, 0.1) is 10.1 Å². The van der Waals surface area contributed by atoms with Gasteiger partial charge in [0.25, 0.3) is 0 Å². The third-order valence-electron chi connectivity index (χ3n) is 2.08. The fraction of sp³-hybridized carbons (Fsp3) is 0.545. The van der Waals surface area contributed by atoms with Gasteiger partial charge < -0.3 is 4.74 Å². The van der Waals surface area contributed by atoms with E-state index >= 15 is 0 Å². The average Bonchev–Trinajstić information content (AvgIpc) is 2.28. The molecule has 110 valence electrons. The van der Waals surface area contributed by atoms with Gasteiger partial charge in [-0.1, -0.05) is 11.8 Å². The van der Waals surface area contributed by atoms with Crippen molar-refractivity contribution in [2.45, 2.75) is 38.1 Å². The molecule has 1 aromatic heterocycles. The van der Waals surface area contributed by atoms with E-state index in [0.29, 0.717) is 0 Å². The lowest BCUT2D eigenvalue weighted by atomic mass is 10.2. The van der Waals surface area contributed by atoms with Crippen molar-refractivity contribution in [1.29, 1.82) is 0 Å². The van der Waals surface area contributed by atoms with Crippen molar-refractivity contribution in [2.24, 2.45) is 0 Å². The topological polar surface area (TPSA) is 104 Å². The van der Waals surface area contributed by atoms with Crippen LogP contribution in [0.1, 0.15) is 20.8 Å². The molecule has 0 aliphatic rings. The Balaban J connectivity index is 3.16. The zero-order valence-electron chi connectivity index (χ0n) is 11.6. The van der Waals surface area contributed by atoms with Gasteiger partial charge in [-0.15, -0.1) is 0 Å². The first kappa shape index (κ1) is 16.2. The Morgan fingerprint density at radius 2 is 2.15 bits per heavy atom. The maximum absolute atomic E-state index is 12.0. The van der Waals surface area contributed by atoms with Crippen molar-refractivity contribution >= 4 is 23.4 Å². The molecule has 0 aliphatic carbocycles. The summed E-state index contributed by atoms with van der Waals surface area (Å²) in [4.78, 5) is 37.4. The van der Waals surface area contributed by atoms with Gasteiger partial charge in [0.15, 0.2) is 5.16 Å². The molecular formula is C11H15N3O5S. The van der Waals surface area contributed by atoms with Gasteiger partial charge in [-0.25, -0.2) is 4.98 Å². The summed E-state index contributed by atoms with van der Waals surface area (Å²) in [6.07, 6.45) is 2.54. The zero-order valence-corrected chi connectivity index (χ0v) is 12.4. The molecule has 0 unspecified atom stereocenters. The Morgan fingerprint density at radius 3 is 2.60 bits per heavy atom. The molecule has 8 nitrogen and oxygen atoms in total. The molecule has 0 amide bonds. The molecule has 0 spiro atoms. The highest BCUT2D eigenvalue weighted by Crippen LogP contribution is 2.13. The second-order valence-electron chi connectivity index (χ2n) is 4.86. The SMILES string of the molecule is CSc1ncc([N+](=O)[O-])c(=O)n1CC(=O)OC(C)(C)C. The van der Waals surface area contributed by atoms with Gasteiger partial charge in [0, 0.05) is 0 Å². The largest absolute Gasteiger partial charge is 0.459 e. The van der Waals surface area contributed by atoms with E-state index in [0.717, 1.165) is 22.5 Å². The molecule has 0 aromatic carbocycles. The quantitative estimate of drug-likeness (QED) is 0.270. The molecule has 0 atom stereocenters. The standard InChI is InChI=1S/C11H15N3O5S/c1-11(2,3)19-8(15)6-13-9(16)7(14(17)18)5-12-10(13)20-4/h5H,6H2,1-4H3. The van der Waals surface area contributed by atoms with Crippen LogP contribution in [0.5, 0.6) is 0 Å². The Morgan fingerprint density at radius 1 is 1.55 bits per heavy atom. The van der Waals surface area contributed by atoms with Crippen LogP contribution in [0.15, 0.2) is 16.1 Å². The normalized spacial score (nSPS) is 11.2. The number of hydrogen-bond acceptors (Lipinski definition) is 7. The summed E-state index contributed by atoms with van der Waals surface area (Å²) in [7, 11) is 0. The molecule has 0 fully saturated rings. The minimum Gasteiger partial charge on any atom is -0.459 e. The minimum atomic E-state index is -0.875. The summed E-state index contributed by atoms with van der Waals surface area (Å²) in [5.74, 6) is -0.655. The van der Waals surface area contributed by atoms with Gasteiger partial charge in [0.1, 0.15) is 18.3 Å². The van der Waals surface area contributed by atoms with Crippen LogP contribution >= 0.6 is 11.8 Å². The predicted octanol–water partition coefficient (Wildman–Crippen LogP) is 1.22. The van der Waals surface area contributed by atoms with Crippen LogP contribution < -0.4 is 5.56 Å². The first-order valence-electron chi connectivity index (χ1n) is 5.66. The molecule has 1 aromatic rings. The summed E-state index contributed by atoms with van der Waals surface area (Å²) in [6, 6.07) is 0. The number of ether oxygens (including phenoxy) is 1. The number of nitro groups is 1. The fourth-order valence-corrected chi connectivity index (χ4v) is 1.92. The molecule has 0 saturated heterocycles. The summed E-state index contributed by atoms with van der Waals surface area (Å²) in [5.41, 5.74) is -2.25. The van der Waals surface area contributed by atoms with Gasteiger partial charge in [0.2, 0.25) is 0 Å². The first-order valence-corrected chi connectivity index (χ1v) is 6.88. The highest BCUT2D eigenvalue weighted by molar-refractivity contribution is 7.98. The first-order chi connectivity index (χ1) is 9.15. The zero-order chi connectivity index (χ0) is 15.5. The maximum atomic E-state index is 12.0. The summed E-state index contributed by atoms with van der Waals surface area (Å²) >= 11 is 1.11. The molecule has 1 rings (SSSR count). The lowest BCUT2D eigenvalue weighted by molar-refractivity contribution is -0.387. The van der Waals surface area contributed by atoms with E-state index in [2.05, 4.69) is 4.98 Å². The van der Waals surface area contributed by atoms with Crippen molar-refractivity contribution in [2.75, 3.05) is 6.26 Å². The number of rotatable bonds is 4.